The van der Waals surface area contributed by atoms with E-state index in [4.69, 9.17) is 8.83 Å². The normalized spacial score (nSPS) is 13.8. The van der Waals surface area contributed by atoms with Gasteiger partial charge in [0.25, 0.3) is 13.4 Å². The van der Waals surface area contributed by atoms with Crippen LogP contribution in [-0.4, -0.2) is 19.5 Å². The minimum Gasteiger partial charge on any atom is -0.468 e. The van der Waals surface area contributed by atoms with Crippen LogP contribution in [0.4, 0.5) is 27.7 Å². The molecule has 3 aliphatic rings. The molecule has 3 aliphatic heterocycles. The molecule has 5 nitrogen and oxygen atoms in total. The highest BCUT2D eigenvalue weighted by Gasteiger charge is 2.52. The zero-order chi connectivity index (χ0) is 38.1. The molecule has 0 N–H and O–H groups in total. The van der Waals surface area contributed by atoms with Gasteiger partial charge in [0, 0.05) is 21.6 Å². The summed E-state index contributed by atoms with van der Waals surface area (Å²) in [6.07, 6.45) is 0. The molecule has 0 radical (unpaired) electrons. The van der Waals surface area contributed by atoms with Crippen LogP contribution in [0.25, 0.3) is 55.0 Å². The van der Waals surface area contributed by atoms with Gasteiger partial charge >= 0.3 is 6.03 Å². The molecule has 0 bridgehead atoms. The van der Waals surface area contributed by atoms with Crippen molar-refractivity contribution in [3.63, 3.8) is 0 Å². The van der Waals surface area contributed by atoms with Crippen molar-refractivity contribution in [2.24, 2.45) is 0 Å². The average molecular weight is 740 g/mol. The van der Waals surface area contributed by atoms with Crippen LogP contribution in [0.1, 0.15) is 0 Å². The molecule has 0 atom stereocenters. The van der Waals surface area contributed by atoms with Crippen molar-refractivity contribution in [1.29, 1.82) is 0 Å². The maximum atomic E-state index is 15.9. The molecule has 10 aromatic rings. The van der Waals surface area contributed by atoms with Crippen molar-refractivity contribution in [2.45, 2.75) is 0 Å². The molecule has 0 aliphatic carbocycles. The van der Waals surface area contributed by atoms with Gasteiger partial charge in [-0.15, -0.1) is 0 Å². The van der Waals surface area contributed by atoms with Crippen LogP contribution >= 0.6 is 0 Å². The lowest BCUT2D eigenvalue weighted by atomic mass is 9.34. The third-order valence-corrected chi connectivity index (χ3v) is 12.5. The lowest BCUT2D eigenvalue weighted by molar-refractivity contribution is 0.255. The van der Waals surface area contributed by atoms with Crippen molar-refractivity contribution < 1.29 is 13.6 Å². The minimum atomic E-state index is -0.287. The topological polar surface area (TPSA) is 49.8 Å². The van der Waals surface area contributed by atoms with Crippen molar-refractivity contribution in [2.75, 3.05) is 9.80 Å². The number of anilines is 4. The first-order valence-corrected chi connectivity index (χ1v) is 19.8. The van der Waals surface area contributed by atoms with E-state index in [1.54, 1.807) is 0 Å². The number of carbonyl (C=O) groups is 1. The molecule has 8 aromatic carbocycles. The number of furan rings is 2. The second-order valence-corrected chi connectivity index (χ2v) is 15.5. The Morgan fingerprint density at radius 1 is 0.414 bits per heavy atom. The lowest BCUT2D eigenvalue weighted by Crippen LogP contribution is -2.64. The number of hydrogen-bond donors (Lipinski definition) is 0. The molecule has 58 heavy (non-hydrogen) atoms. The quantitative estimate of drug-likeness (QED) is 0.170. The Morgan fingerprint density at radius 3 is 1.60 bits per heavy atom. The van der Waals surface area contributed by atoms with E-state index in [-0.39, 0.29) is 19.5 Å². The van der Waals surface area contributed by atoms with E-state index >= 15 is 4.79 Å². The van der Waals surface area contributed by atoms with E-state index in [9.17, 15) is 0 Å². The van der Waals surface area contributed by atoms with E-state index < -0.39 is 0 Å². The molecular formula is C51H30B2N2O3. The number of rotatable bonds is 4. The first-order valence-electron chi connectivity index (χ1n) is 19.8. The lowest BCUT2D eigenvalue weighted by Gasteiger charge is -2.44. The van der Waals surface area contributed by atoms with Gasteiger partial charge < -0.3 is 8.83 Å². The fourth-order valence-electron chi connectivity index (χ4n) is 10.2. The fourth-order valence-corrected chi connectivity index (χ4v) is 10.2. The number of urea groups is 1. The number of hydrogen-bond acceptors (Lipinski definition) is 3. The molecule has 2 amide bonds. The summed E-state index contributed by atoms with van der Waals surface area (Å²) in [4.78, 5) is 19.7. The fraction of sp³-hybridized carbons (Fsp3) is 0. The van der Waals surface area contributed by atoms with Crippen LogP contribution in [0, 0.1) is 0 Å². The summed E-state index contributed by atoms with van der Waals surface area (Å²) in [5.41, 5.74) is 14.7. The highest BCUT2D eigenvalue weighted by atomic mass is 16.4. The van der Waals surface area contributed by atoms with E-state index in [2.05, 4.69) is 152 Å². The largest absolute Gasteiger partial charge is 0.468 e. The number of fused-ring (bicyclic) bond motifs is 8. The van der Waals surface area contributed by atoms with Gasteiger partial charge in [-0.25, -0.2) is 9.69 Å². The summed E-state index contributed by atoms with van der Waals surface area (Å²) in [6.45, 7) is -0.506. The van der Waals surface area contributed by atoms with E-state index in [1.807, 2.05) is 40.1 Å². The first-order chi connectivity index (χ1) is 28.7. The Balaban J connectivity index is 1.17. The Bertz CT molecular complexity index is 3350. The van der Waals surface area contributed by atoms with Crippen LogP contribution in [0.5, 0.6) is 0 Å². The van der Waals surface area contributed by atoms with Gasteiger partial charge in [-0.2, -0.15) is 0 Å². The molecule has 0 saturated carbocycles. The Hall–Kier alpha value is -7.50. The highest BCUT2D eigenvalue weighted by Crippen LogP contribution is 2.50. The number of para-hydroxylation sites is 2. The SMILES string of the molecule is O=C1N2c3oc4ccccc4c3B(c3ccccc3-c3ccccc3)c3ccc4ccc5c(c4c32)N1c1c(oc2ccccc12)B5c1ccccc1-c1ccccc1. The molecule has 5 heterocycles. The number of amides is 2. The van der Waals surface area contributed by atoms with Crippen LogP contribution in [0.3, 0.4) is 0 Å². The second-order valence-electron chi connectivity index (χ2n) is 15.5. The first kappa shape index (κ1) is 31.7. The molecule has 0 fully saturated rings. The van der Waals surface area contributed by atoms with E-state index in [0.717, 1.165) is 105 Å². The third kappa shape index (κ3) is 4.14. The van der Waals surface area contributed by atoms with Gasteiger partial charge in [0.1, 0.15) is 11.2 Å². The molecule has 268 valence electrons. The van der Waals surface area contributed by atoms with E-state index in [0.29, 0.717) is 5.88 Å². The van der Waals surface area contributed by atoms with Crippen molar-refractivity contribution in [3.05, 3.63) is 182 Å². The van der Waals surface area contributed by atoms with Crippen LogP contribution in [0.2, 0.25) is 0 Å². The van der Waals surface area contributed by atoms with Gasteiger partial charge in [-0.1, -0.05) is 175 Å². The number of carbonyl (C=O) groups excluding carboxylic acids is 1. The third-order valence-electron chi connectivity index (χ3n) is 12.5. The second kappa shape index (κ2) is 11.8. The van der Waals surface area contributed by atoms with Gasteiger partial charge in [-0.05, 0) is 56.8 Å². The summed E-state index contributed by atoms with van der Waals surface area (Å²) in [7, 11) is 0. The average Bonchev–Trinajstić information content (AvgIpc) is 3.86. The molecule has 0 spiro atoms. The Morgan fingerprint density at radius 2 is 0.931 bits per heavy atom. The predicted octanol–water partition coefficient (Wildman–Crippen LogP) is 8.74. The van der Waals surface area contributed by atoms with Crippen molar-refractivity contribution in [1.82, 2.24) is 0 Å². The Labute approximate surface area is 334 Å². The Kier molecular flexibility index (Phi) is 6.42. The molecule has 13 rings (SSSR count). The molecule has 0 unspecified atom stereocenters. The zero-order valence-electron chi connectivity index (χ0n) is 31.1. The summed E-state index contributed by atoms with van der Waals surface area (Å²) in [5.74, 6) is 0.556. The summed E-state index contributed by atoms with van der Waals surface area (Å²) >= 11 is 0. The zero-order valence-corrected chi connectivity index (χ0v) is 31.1. The van der Waals surface area contributed by atoms with E-state index in [1.165, 1.54) is 0 Å². The van der Waals surface area contributed by atoms with Crippen molar-refractivity contribution >= 4 is 108 Å². The van der Waals surface area contributed by atoms with Crippen LogP contribution in [-0.2, 0) is 0 Å². The summed E-state index contributed by atoms with van der Waals surface area (Å²) < 4.78 is 13.8. The summed E-state index contributed by atoms with van der Waals surface area (Å²) in [6, 6.07) is 63.4. The molecule has 0 saturated heterocycles. The van der Waals surface area contributed by atoms with Crippen LogP contribution < -0.4 is 42.8 Å². The molecule has 7 heteroatoms. The maximum absolute atomic E-state index is 15.9. The van der Waals surface area contributed by atoms with Gasteiger partial charge in [-0.3, -0.25) is 4.90 Å². The monoisotopic (exact) mass is 740 g/mol. The van der Waals surface area contributed by atoms with Gasteiger partial charge in [0.2, 0.25) is 5.88 Å². The standard InChI is InChI=1S/C51H30B2N2O3/c56-51-54-46-37-22-10-14-26-43(37)57-49(46)53(39-24-12-8-20-35(39)32-17-5-2-6-18-32)41-30-28-33-27-29-40-48(44(33)47(41)54)55(51)50-45(36-21-9-13-25-42(36)58-50)52(40)38-23-11-7-19-34(38)31-15-3-1-4-16-31/h1-30H. The smallest absolute Gasteiger partial charge is 0.340 e. The van der Waals surface area contributed by atoms with Crippen molar-refractivity contribution in [3.8, 4) is 22.3 Å². The predicted molar refractivity (Wildman–Crippen MR) is 239 cm³/mol. The number of benzene rings is 8. The highest BCUT2D eigenvalue weighted by molar-refractivity contribution is 7.01. The van der Waals surface area contributed by atoms with Crippen LogP contribution in [0.15, 0.2) is 191 Å². The minimum absolute atomic E-state index is 0.189. The molecule has 2 aromatic heterocycles. The van der Waals surface area contributed by atoms with Gasteiger partial charge in [0.15, 0.2) is 0 Å². The number of nitrogens with zero attached hydrogens (tertiary/aromatic N) is 2. The summed E-state index contributed by atoms with van der Waals surface area (Å²) in [5, 5.41) is 3.97. The maximum Gasteiger partial charge on any atom is 0.340 e. The molecular weight excluding hydrogens is 710 g/mol. The van der Waals surface area contributed by atoms with Gasteiger partial charge in [0.05, 0.1) is 22.7 Å².